The van der Waals surface area contributed by atoms with Gasteiger partial charge in [-0.3, -0.25) is 24.4 Å². The van der Waals surface area contributed by atoms with E-state index in [1.54, 1.807) is 11.0 Å². The number of nitro groups is 1. The SMILES string of the molecule is C#CCn1c(=O)c([N+](=O)[O-])c(N2CCN(Cc3ccc(F)cc3-c3ccc(F)cc3O)CC2)c2nc(C#N)ccc21. The maximum absolute atomic E-state index is 14.2. The summed E-state index contributed by atoms with van der Waals surface area (Å²) in [6.45, 7) is 1.54. The highest BCUT2D eigenvalue weighted by Crippen LogP contribution is 2.35. The molecule has 5 rings (SSSR count). The quantitative estimate of drug-likeness (QED) is 0.216. The minimum atomic E-state index is -0.862. The van der Waals surface area contributed by atoms with Gasteiger partial charge in [0.05, 0.1) is 17.0 Å². The minimum absolute atomic E-state index is 0.0266. The number of terminal acetylenes is 1. The molecule has 0 bridgehead atoms. The van der Waals surface area contributed by atoms with Crippen LogP contribution in [0, 0.1) is 45.4 Å². The number of aromatic nitrogens is 2. The van der Waals surface area contributed by atoms with E-state index in [1.807, 2.05) is 11.0 Å². The van der Waals surface area contributed by atoms with E-state index in [2.05, 4.69) is 10.9 Å². The Morgan fingerprint density at radius 2 is 1.76 bits per heavy atom. The lowest BCUT2D eigenvalue weighted by molar-refractivity contribution is -0.385. The zero-order valence-electron chi connectivity index (χ0n) is 21.5. The van der Waals surface area contributed by atoms with Crippen LogP contribution in [0.25, 0.3) is 22.2 Å². The summed E-state index contributed by atoms with van der Waals surface area (Å²) < 4.78 is 28.8. The Hall–Kier alpha value is -5.33. The Balaban J connectivity index is 1.48. The Kier molecular flexibility index (Phi) is 7.34. The summed E-state index contributed by atoms with van der Waals surface area (Å²) in [4.78, 5) is 32.6. The Bertz CT molecular complexity index is 1830. The number of halogens is 2. The van der Waals surface area contributed by atoms with Crippen molar-refractivity contribution in [2.45, 2.75) is 13.1 Å². The van der Waals surface area contributed by atoms with Crippen LogP contribution in [0.5, 0.6) is 5.75 Å². The van der Waals surface area contributed by atoms with Crippen LogP contribution < -0.4 is 10.5 Å². The third kappa shape index (κ3) is 5.16. The molecule has 2 aromatic heterocycles. The molecule has 10 nitrogen and oxygen atoms in total. The van der Waals surface area contributed by atoms with Crippen LogP contribution in [0.3, 0.4) is 0 Å². The second kappa shape index (κ2) is 11.0. The fourth-order valence-electron chi connectivity index (χ4n) is 5.11. The van der Waals surface area contributed by atoms with Gasteiger partial charge in [0.15, 0.2) is 5.69 Å². The average Bonchev–Trinajstić information content (AvgIpc) is 2.95. The predicted octanol–water partition coefficient (Wildman–Crippen LogP) is 3.78. The van der Waals surface area contributed by atoms with Crippen LogP contribution >= 0.6 is 0 Å². The number of hydrogen-bond acceptors (Lipinski definition) is 8. The molecule has 0 saturated carbocycles. The molecule has 0 radical (unpaired) electrons. The van der Waals surface area contributed by atoms with Gasteiger partial charge in [-0.05, 0) is 47.5 Å². The van der Waals surface area contributed by atoms with Crippen LogP contribution in [0.15, 0.2) is 53.3 Å². The summed E-state index contributed by atoms with van der Waals surface area (Å²) in [6, 6.07) is 12.5. The lowest BCUT2D eigenvalue weighted by Crippen LogP contribution is -2.46. The van der Waals surface area contributed by atoms with Crippen molar-refractivity contribution in [2.75, 3.05) is 31.1 Å². The van der Waals surface area contributed by atoms with Crippen LogP contribution in [-0.4, -0.2) is 50.7 Å². The number of aromatic hydroxyl groups is 1. The molecule has 12 heteroatoms. The number of phenolic OH excluding ortho intramolecular Hbond substituents is 1. The molecule has 1 fully saturated rings. The molecule has 206 valence electrons. The lowest BCUT2D eigenvalue weighted by atomic mass is 9.98. The first-order chi connectivity index (χ1) is 19.7. The number of hydrogen-bond donors (Lipinski definition) is 1. The van der Waals surface area contributed by atoms with E-state index < -0.39 is 27.8 Å². The maximum Gasteiger partial charge on any atom is 0.359 e. The number of nitrogens with zero attached hydrogens (tertiary/aromatic N) is 6. The molecule has 0 amide bonds. The zero-order chi connectivity index (χ0) is 29.3. The highest BCUT2D eigenvalue weighted by Gasteiger charge is 2.32. The van der Waals surface area contributed by atoms with E-state index in [-0.39, 0.29) is 53.4 Å². The van der Waals surface area contributed by atoms with Crippen molar-refractivity contribution in [2.24, 2.45) is 0 Å². The van der Waals surface area contributed by atoms with Gasteiger partial charge in [0.2, 0.25) is 0 Å². The van der Waals surface area contributed by atoms with Crippen molar-refractivity contribution in [1.82, 2.24) is 14.5 Å². The van der Waals surface area contributed by atoms with Gasteiger partial charge in [-0.25, -0.2) is 13.8 Å². The van der Waals surface area contributed by atoms with Gasteiger partial charge in [0.25, 0.3) is 0 Å². The van der Waals surface area contributed by atoms with E-state index in [0.717, 1.165) is 10.6 Å². The Labute approximate surface area is 232 Å². The molecule has 4 aromatic rings. The fourth-order valence-corrected chi connectivity index (χ4v) is 5.11. The van der Waals surface area contributed by atoms with E-state index in [9.17, 15) is 34.1 Å². The summed E-state index contributed by atoms with van der Waals surface area (Å²) >= 11 is 0. The van der Waals surface area contributed by atoms with Crippen molar-refractivity contribution in [3.8, 4) is 35.3 Å². The second-order valence-corrected chi connectivity index (χ2v) is 9.45. The van der Waals surface area contributed by atoms with Crippen LogP contribution in [0.1, 0.15) is 11.3 Å². The van der Waals surface area contributed by atoms with Gasteiger partial charge in [-0.15, -0.1) is 6.42 Å². The summed E-state index contributed by atoms with van der Waals surface area (Å²) in [6.07, 6.45) is 5.41. The number of rotatable bonds is 6. The standard InChI is InChI=1S/C29H22F2N6O4/c1-2-9-36-24-8-6-21(16-32)33-26(24)27(28(29(36)39)37(40)41)35-12-10-34(11-13-35)17-18-3-4-19(30)14-23(18)22-7-5-20(31)15-25(22)38/h1,3-8,14-15,38H,9-13,17H2. The molecule has 0 unspecified atom stereocenters. The minimum Gasteiger partial charge on any atom is -0.507 e. The molecule has 1 aliphatic heterocycles. The largest absolute Gasteiger partial charge is 0.507 e. The number of benzene rings is 2. The molecule has 3 heterocycles. The van der Waals surface area contributed by atoms with E-state index in [1.165, 1.54) is 36.4 Å². The number of fused-ring (bicyclic) bond motifs is 1. The van der Waals surface area contributed by atoms with Crippen molar-refractivity contribution < 1.29 is 18.8 Å². The maximum atomic E-state index is 14.2. The summed E-state index contributed by atoms with van der Waals surface area (Å²) in [5.74, 6) is 0.886. The van der Waals surface area contributed by atoms with Gasteiger partial charge < -0.3 is 10.0 Å². The van der Waals surface area contributed by atoms with Gasteiger partial charge in [0.1, 0.15) is 34.7 Å². The molecule has 1 aliphatic rings. The number of anilines is 1. The van der Waals surface area contributed by atoms with Crippen LogP contribution in [0.2, 0.25) is 0 Å². The first kappa shape index (κ1) is 27.2. The lowest BCUT2D eigenvalue weighted by Gasteiger charge is -2.36. The molecule has 0 atom stereocenters. The molecule has 0 spiro atoms. The monoisotopic (exact) mass is 556 g/mol. The van der Waals surface area contributed by atoms with Gasteiger partial charge in [-0.1, -0.05) is 12.0 Å². The van der Waals surface area contributed by atoms with Crippen molar-refractivity contribution >= 4 is 22.4 Å². The van der Waals surface area contributed by atoms with Gasteiger partial charge >= 0.3 is 11.2 Å². The molecular formula is C29H22F2N6O4. The third-order valence-electron chi connectivity index (χ3n) is 7.01. The first-order valence-corrected chi connectivity index (χ1v) is 12.5. The first-order valence-electron chi connectivity index (χ1n) is 12.5. The van der Waals surface area contributed by atoms with E-state index >= 15 is 0 Å². The molecule has 1 saturated heterocycles. The Morgan fingerprint density at radius 1 is 1.05 bits per heavy atom. The van der Waals surface area contributed by atoms with Gasteiger partial charge in [0, 0.05) is 44.4 Å². The fraction of sp³-hybridized carbons (Fsp3) is 0.207. The molecule has 41 heavy (non-hydrogen) atoms. The summed E-state index contributed by atoms with van der Waals surface area (Å²) in [5.41, 5.74) is 0.331. The number of nitriles is 1. The Morgan fingerprint density at radius 3 is 2.41 bits per heavy atom. The summed E-state index contributed by atoms with van der Waals surface area (Å²) in [7, 11) is 0. The van der Waals surface area contributed by atoms with Crippen LogP contribution in [-0.2, 0) is 13.1 Å². The zero-order valence-corrected chi connectivity index (χ0v) is 21.5. The van der Waals surface area contributed by atoms with Crippen LogP contribution in [0.4, 0.5) is 20.2 Å². The smallest absolute Gasteiger partial charge is 0.359 e. The normalized spacial score (nSPS) is 13.6. The molecule has 1 N–H and O–H groups in total. The highest BCUT2D eigenvalue weighted by atomic mass is 19.1. The second-order valence-electron chi connectivity index (χ2n) is 9.45. The predicted molar refractivity (Wildman–Crippen MR) is 147 cm³/mol. The topological polar surface area (TPSA) is 129 Å². The average molecular weight is 557 g/mol. The number of pyridine rings is 2. The van der Waals surface area contributed by atoms with E-state index in [0.29, 0.717) is 30.8 Å². The third-order valence-corrected chi connectivity index (χ3v) is 7.01. The summed E-state index contributed by atoms with van der Waals surface area (Å²) in [5, 5.41) is 31.8. The van der Waals surface area contributed by atoms with Gasteiger partial charge in [-0.2, -0.15) is 5.26 Å². The molecule has 0 aliphatic carbocycles. The highest BCUT2D eigenvalue weighted by molar-refractivity contribution is 5.94. The van der Waals surface area contributed by atoms with Crippen molar-refractivity contribution in [3.05, 3.63) is 91.9 Å². The van der Waals surface area contributed by atoms with Crippen molar-refractivity contribution in [3.63, 3.8) is 0 Å². The molecule has 2 aromatic carbocycles. The number of piperazine rings is 1. The van der Waals surface area contributed by atoms with E-state index in [4.69, 9.17) is 6.42 Å². The van der Waals surface area contributed by atoms with Crippen molar-refractivity contribution in [1.29, 1.82) is 5.26 Å². The number of phenols is 1. The molecular weight excluding hydrogens is 534 g/mol.